The molecule has 1 aromatic rings. The van der Waals surface area contributed by atoms with Gasteiger partial charge in [-0.1, -0.05) is 26.7 Å². The van der Waals surface area contributed by atoms with E-state index in [1.165, 1.54) is 4.68 Å². The Balaban J connectivity index is 1.69. The van der Waals surface area contributed by atoms with Gasteiger partial charge in [0.2, 0.25) is 5.91 Å². The van der Waals surface area contributed by atoms with Gasteiger partial charge in [0.1, 0.15) is 6.54 Å². The summed E-state index contributed by atoms with van der Waals surface area (Å²) in [5.74, 6) is 0.788. The fourth-order valence-corrected chi connectivity index (χ4v) is 3.58. The van der Waals surface area contributed by atoms with E-state index in [1.807, 2.05) is 0 Å². The fourth-order valence-electron chi connectivity index (χ4n) is 3.58. The van der Waals surface area contributed by atoms with Gasteiger partial charge in [-0.3, -0.25) is 9.48 Å². The van der Waals surface area contributed by atoms with E-state index in [9.17, 15) is 18.0 Å². The van der Waals surface area contributed by atoms with E-state index >= 15 is 0 Å². The van der Waals surface area contributed by atoms with Crippen molar-refractivity contribution in [3.05, 3.63) is 17.5 Å². The summed E-state index contributed by atoms with van der Waals surface area (Å²) in [6.45, 7) is 4.16. The Bertz CT molecular complexity index is 607. The van der Waals surface area contributed by atoms with Crippen LogP contribution in [0.3, 0.4) is 0 Å². The molecule has 0 unspecified atom stereocenters. The highest BCUT2D eigenvalue weighted by atomic mass is 19.4. The number of aromatic nitrogens is 2. The third kappa shape index (κ3) is 3.75. The third-order valence-corrected chi connectivity index (χ3v) is 5.44. The van der Waals surface area contributed by atoms with Gasteiger partial charge in [0.15, 0.2) is 5.69 Å². The van der Waals surface area contributed by atoms with E-state index in [-0.39, 0.29) is 24.4 Å². The van der Waals surface area contributed by atoms with Crippen molar-refractivity contribution in [2.24, 2.45) is 11.8 Å². The molecular weight excluding hydrogens is 319 g/mol. The average Bonchev–Trinajstić information content (AvgIpc) is 3.24. The Morgan fingerprint density at radius 2 is 2.00 bits per heavy atom. The topological polar surface area (TPSA) is 46.9 Å². The Morgan fingerprint density at radius 3 is 2.62 bits per heavy atom. The molecule has 0 spiro atoms. The van der Waals surface area contributed by atoms with Crippen molar-refractivity contribution in [1.29, 1.82) is 0 Å². The van der Waals surface area contributed by atoms with E-state index in [4.69, 9.17) is 0 Å². The number of rotatable bonds is 4. The molecule has 0 bridgehead atoms. The van der Waals surface area contributed by atoms with E-state index < -0.39 is 11.9 Å². The first-order valence-electron chi connectivity index (χ1n) is 8.70. The summed E-state index contributed by atoms with van der Waals surface area (Å²) in [7, 11) is 0. The zero-order chi connectivity index (χ0) is 17.5. The standard InChI is InChI=1S/C17H24F3N3O/c1-10-4-3-5-13(11(10)2)21-16(24)9-23-14(12-6-7-12)8-15(22-23)17(18,19)20/h8,10-13H,3-7,9H2,1-2H3,(H,21,24)/t10-,11+,13-/m0/s1. The maximum absolute atomic E-state index is 12.9. The zero-order valence-corrected chi connectivity index (χ0v) is 14.1. The van der Waals surface area contributed by atoms with Gasteiger partial charge in [0.25, 0.3) is 0 Å². The van der Waals surface area contributed by atoms with Crippen molar-refractivity contribution in [2.75, 3.05) is 0 Å². The van der Waals surface area contributed by atoms with Gasteiger partial charge in [-0.25, -0.2) is 0 Å². The summed E-state index contributed by atoms with van der Waals surface area (Å²) in [4.78, 5) is 12.3. The van der Waals surface area contributed by atoms with Crippen molar-refractivity contribution in [2.45, 2.75) is 70.6 Å². The van der Waals surface area contributed by atoms with Crippen molar-refractivity contribution in [3.8, 4) is 0 Å². The largest absolute Gasteiger partial charge is 0.435 e. The van der Waals surface area contributed by atoms with Crippen molar-refractivity contribution < 1.29 is 18.0 Å². The van der Waals surface area contributed by atoms with Crippen LogP contribution >= 0.6 is 0 Å². The normalized spacial score (nSPS) is 28.0. The number of amides is 1. The Morgan fingerprint density at radius 1 is 1.29 bits per heavy atom. The molecular formula is C17H24F3N3O. The smallest absolute Gasteiger partial charge is 0.351 e. The highest BCUT2D eigenvalue weighted by Gasteiger charge is 2.38. The molecule has 2 fully saturated rings. The summed E-state index contributed by atoms with van der Waals surface area (Å²) >= 11 is 0. The summed E-state index contributed by atoms with van der Waals surface area (Å²) < 4.78 is 39.9. The Hall–Kier alpha value is -1.53. The van der Waals surface area contributed by atoms with Gasteiger partial charge < -0.3 is 5.32 Å². The van der Waals surface area contributed by atoms with Crippen LogP contribution in [0.25, 0.3) is 0 Å². The molecule has 2 aliphatic rings. The number of carbonyl (C=O) groups is 1. The van der Waals surface area contributed by atoms with Crippen molar-refractivity contribution in [1.82, 2.24) is 15.1 Å². The van der Waals surface area contributed by atoms with Crippen LogP contribution < -0.4 is 5.32 Å². The molecule has 3 rings (SSSR count). The van der Waals surface area contributed by atoms with Gasteiger partial charge in [0, 0.05) is 17.7 Å². The van der Waals surface area contributed by atoms with E-state index in [0.29, 0.717) is 17.5 Å². The minimum Gasteiger partial charge on any atom is -0.351 e. The first kappa shape index (κ1) is 17.3. The van der Waals surface area contributed by atoms with Gasteiger partial charge in [-0.15, -0.1) is 0 Å². The Kier molecular flexibility index (Phi) is 4.62. The van der Waals surface area contributed by atoms with Crippen LogP contribution in [-0.2, 0) is 17.5 Å². The highest BCUT2D eigenvalue weighted by Crippen LogP contribution is 2.42. The molecule has 2 aliphatic carbocycles. The van der Waals surface area contributed by atoms with Crippen LogP contribution in [0.2, 0.25) is 0 Å². The number of nitrogens with zero attached hydrogens (tertiary/aromatic N) is 2. The number of halogens is 3. The molecule has 0 saturated heterocycles. The summed E-state index contributed by atoms with van der Waals surface area (Å²) in [5.41, 5.74) is -0.376. The third-order valence-electron chi connectivity index (χ3n) is 5.44. The number of nitrogens with one attached hydrogen (secondary N) is 1. The van der Waals surface area contributed by atoms with Crippen molar-refractivity contribution in [3.63, 3.8) is 0 Å². The van der Waals surface area contributed by atoms with Crippen LogP contribution in [0, 0.1) is 11.8 Å². The van der Waals surface area contributed by atoms with Gasteiger partial charge >= 0.3 is 6.18 Å². The van der Waals surface area contributed by atoms with Gasteiger partial charge in [-0.2, -0.15) is 18.3 Å². The molecule has 7 heteroatoms. The lowest BCUT2D eigenvalue weighted by molar-refractivity contribution is -0.141. The summed E-state index contributed by atoms with van der Waals surface area (Å²) in [5, 5.41) is 6.64. The second-order valence-corrected chi connectivity index (χ2v) is 7.33. The molecule has 4 nitrogen and oxygen atoms in total. The molecule has 1 aromatic heterocycles. The molecule has 0 radical (unpaired) electrons. The minimum atomic E-state index is -4.47. The number of hydrogen-bond donors (Lipinski definition) is 1. The maximum atomic E-state index is 12.9. The molecule has 24 heavy (non-hydrogen) atoms. The van der Waals surface area contributed by atoms with Gasteiger partial charge in [0.05, 0.1) is 0 Å². The van der Waals surface area contributed by atoms with Crippen LogP contribution in [0.5, 0.6) is 0 Å². The first-order chi connectivity index (χ1) is 11.3. The van der Waals surface area contributed by atoms with Gasteiger partial charge in [-0.05, 0) is 37.2 Å². The molecule has 134 valence electrons. The van der Waals surface area contributed by atoms with Crippen LogP contribution in [0.4, 0.5) is 13.2 Å². The predicted molar refractivity (Wildman–Crippen MR) is 83.3 cm³/mol. The van der Waals surface area contributed by atoms with Crippen LogP contribution in [0.1, 0.15) is 63.3 Å². The van der Waals surface area contributed by atoms with Crippen LogP contribution in [0.15, 0.2) is 6.07 Å². The molecule has 1 N–H and O–H groups in total. The average molecular weight is 343 g/mol. The maximum Gasteiger partial charge on any atom is 0.435 e. The lowest BCUT2D eigenvalue weighted by atomic mass is 9.78. The molecule has 1 amide bonds. The quantitative estimate of drug-likeness (QED) is 0.906. The summed E-state index contributed by atoms with van der Waals surface area (Å²) in [6, 6.07) is 1.19. The number of hydrogen-bond acceptors (Lipinski definition) is 2. The lowest BCUT2D eigenvalue weighted by Crippen LogP contribution is -2.45. The van der Waals surface area contributed by atoms with E-state index in [0.717, 1.165) is 38.2 Å². The van der Waals surface area contributed by atoms with Crippen LogP contribution in [-0.4, -0.2) is 21.7 Å². The SMILES string of the molecule is C[C@H]1[C@@H](NC(=O)Cn2nc(C(F)(F)F)cc2C2CC2)CCC[C@@H]1C. The second kappa shape index (κ2) is 6.41. The predicted octanol–water partition coefficient (Wildman–Crippen LogP) is 3.72. The van der Waals surface area contributed by atoms with Crippen molar-refractivity contribution >= 4 is 5.91 Å². The lowest BCUT2D eigenvalue weighted by Gasteiger charge is -2.34. The fraction of sp³-hybridized carbons (Fsp3) is 0.765. The number of carbonyl (C=O) groups excluding carboxylic acids is 1. The molecule has 0 aromatic carbocycles. The highest BCUT2D eigenvalue weighted by molar-refractivity contribution is 5.76. The zero-order valence-electron chi connectivity index (χ0n) is 14.1. The van der Waals surface area contributed by atoms with E-state index in [2.05, 4.69) is 24.3 Å². The number of alkyl halides is 3. The minimum absolute atomic E-state index is 0.100. The monoisotopic (exact) mass is 343 g/mol. The molecule has 2 saturated carbocycles. The molecule has 1 heterocycles. The molecule has 3 atom stereocenters. The second-order valence-electron chi connectivity index (χ2n) is 7.33. The summed E-state index contributed by atoms with van der Waals surface area (Å²) in [6.07, 6.45) is 0.416. The first-order valence-corrected chi connectivity index (χ1v) is 8.70. The van der Waals surface area contributed by atoms with E-state index in [1.54, 1.807) is 0 Å². The Labute approximate surface area is 139 Å². The molecule has 0 aliphatic heterocycles.